The van der Waals surface area contributed by atoms with E-state index in [1.807, 2.05) is 12.0 Å². The highest BCUT2D eigenvalue weighted by molar-refractivity contribution is 5.39. The van der Waals surface area contributed by atoms with Gasteiger partial charge in [0.2, 0.25) is 0 Å². The average Bonchev–Trinajstić information content (AvgIpc) is 2.17. The van der Waals surface area contributed by atoms with E-state index in [1.54, 1.807) is 24.3 Å². The van der Waals surface area contributed by atoms with Gasteiger partial charge in [-0.25, -0.2) is 0 Å². The molecule has 76 valence electrons. The fraction of sp³-hybridized carbons (Fsp3) is 0.167. The van der Waals surface area contributed by atoms with Crippen LogP contribution in [0, 0.1) is 23.7 Å². The van der Waals surface area contributed by atoms with E-state index in [9.17, 15) is 13.2 Å². The van der Waals surface area contributed by atoms with Gasteiger partial charge in [-0.15, -0.1) is 0 Å². The predicted molar refractivity (Wildman–Crippen MR) is 51.8 cm³/mol. The van der Waals surface area contributed by atoms with Crippen molar-refractivity contribution in [2.24, 2.45) is 0 Å². The van der Waals surface area contributed by atoms with Crippen LogP contribution in [0.25, 0.3) is 0 Å². The van der Waals surface area contributed by atoms with E-state index in [0.717, 1.165) is 5.56 Å². The summed E-state index contributed by atoms with van der Waals surface area (Å²) in [6.07, 6.45) is -5.35. The van der Waals surface area contributed by atoms with E-state index in [1.165, 1.54) is 0 Å². The minimum Gasteiger partial charge on any atom is -0.170 e. The Kier molecular flexibility index (Phi) is 3.83. The van der Waals surface area contributed by atoms with Crippen molar-refractivity contribution < 1.29 is 13.2 Å². The molecule has 3 heteroatoms. The molecule has 0 aliphatic rings. The van der Waals surface area contributed by atoms with Crippen molar-refractivity contribution in [1.82, 2.24) is 0 Å². The molecule has 0 nitrogen and oxygen atoms in total. The van der Waals surface area contributed by atoms with Gasteiger partial charge in [-0.05, 0) is 24.0 Å². The number of rotatable bonds is 0. The van der Waals surface area contributed by atoms with Crippen LogP contribution in [0.3, 0.4) is 0 Å². The lowest BCUT2D eigenvalue weighted by atomic mass is 10.2. The van der Waals surface area contributed by atoms with Gasteiger partial charge in [-0.2, -0.15) is 13.2 Å². The Morgan fingerprint density at radius 1 is 1.00 bits per heavy atom. The molecule has 0 heterocycles. The van der Waals surface area contributed by atoms with E-state index < -0.39 is 12.6 Å². The molecule has 0 fully saturated rings. The molecular weight excluding hydrogens is 201 g/mol. The van der Waals surface area contributed by atoms with E-state index in [4.69, 9.17) is 0 Å². The van der Waals surface area contributed by atoms with Crippen LogP contribution in [-0.2, 0) is 0 Å². The first-order chi connectivity index (χ1) is 7.08. The van der Waals surface area contributed by atoms with Gasteiger partial charge in [0.05, 0.1) is 0 Å². The molecule has 0 radical (unpaired) electrons. The zero-order valence-electron chi connectivity index (χ0n) is 7.73. The molecule has 0 aromatic heterocycles. The molecule has 0 amide bonds. The molecule has 15 heavy (non-hydrogen) atoms. The first kappa shape index (κ1) is 11.2. The average molecular weight is 208 g/mol. The summed E-state index contributed by atoms with van der Waals surface area (Å²) in [5.41, 5.74) is 0.735. The lowest BCUT2D eigenvalue weighted by Gasteiger charge is -1.96. The molecule has 0 saturated carbocycles. The first-order valence-corrected chi connectivity index (χ1v) is 4.18. The molecule has 1 aromatic carbocycles. The van der Waals surface area contributed by atoms with Crippen molar-refractivity contribution in [2.75, 3.05) is 0 Å². The van der Waals surface area contributed by atoms with Crippen molar-refractivity contribution in [3.05, 3.63) is 35.9 Å². The van der Waals surface area contributed by atoms with Crippen LogP contribution in [0.2, 0.25) is 0 Å². The number of alkyl halides is 3. The summed E-state index contributed by atoms with van der Waals surface area (Å²) in [6.45, 7) is 0. The topological polar surface area (TPSA) is 0 Å². The highest BCUT2D eigenvalue weighted by atomic mass is 19.4. The second-order valence-electron chi connectivity index (χ2n) is 2.71. The van der Waals surface area contributed by atoms with Crippen molar-refractivity contribution in [1.29, 1.82) is 0 Å². The molecule has 0 N–H and O–H groups in total. The Balaban J connectivity index is 2.54. The second-order valence-corrected chi connectivity index (χ2v) is 2.71. The maximum Gasteiger partial charge on any atom is 0.399 e. The molecule has 0 unspecified atom stereocenters. The van der Waals surface area contributed by atoms with Crippen LogP contribution in [0.5, 0.6) is 0 Å². The van der Waals surface area contributed by atoms with Gasteiger partial charge in [0.25, 0.3) is 0 Å². The lowest BCUT2D eigenvalue weighted by molar-refractivity contribution is -0.123. The third kappa shape index (κ3) is 5.44. The van der Waals surface area contributed by atoms with Crippen molar-refractivity contribution in [2.45, 2.75) is 12.6 Å². The third-order valence-electron chi connectivity index (χ3n) is 1.42. The lowest BCUT2D eigenvalue weighted by Crippen LogP contribution is -2.04. The zero-order chi connectivity index (χ0) is 11.1. The van der Waals surface area contributed by atoms with E-state index in [0.29, 0.717) is 0 Å². The zero-order valence-corrected chi connectivity index (χ0v) is 7.73. The van der Waals surface area contributed by atoms with E-state index in [-0.39, 0.29) is 0 Å². The first-order valence-electron chi connectivity index (χ1n) is 4.18. The highest BCUT2D eigenvalue weighted by Gasteiger charge is 2.24. The largest absolute Gasteiger partial charge is 0.399 e. The van der Waals surface area contributed by atoms with Gasteiger partial charge in [-0.3, -0.25) is 0 Å². The van der Waals surface area contributed by atoms with Crippen molar-refractivity contribution in [3.63, 3.8) is 0 Å². The van der Waals surface area contributed by atoms with Gasteiger partial charge in [0.15, 0.2) is 0 Å². The maximum absolute atomic E-state index is 11.7. The molecule has 0 aliphatic heterocycles. The van der Waals surface area contributed by atoms with Crippen LogP contribution >= 0.6 is 0 Å². The Hall–Kier alpha value is -1.87. The van der Waals surface area contributed by atoms with Crippen LogP contribution < -0.4 is 0 Å². The van der Waals surface area contributed by atoms with Gasteiger partial charge < -0.3 is 0 Å². The molecule has 0 aliphatic carbocycles. The van der Waals surface area contributed by atoms with E-state index in [2.05, 4.69) is 17.8 Å². The Morgan fingerprint density at radius 2 is 1.67 bits per heavy atom. The molecule has 0 spiro atoms. The smallest absolute Gasteiger partial charge is 0.170 e. The summed E-state index contributed by atoms with van der Waals surface area (Å²) >= 11 is 0. The molecule has 0 saturated heterocycles. The summed E-state index contributed by atoms with van der Waals surface area (Å²) in [4.78, 5) is 0. The fourth-order valence-corrected chi connectivity index (χ4v) is 0.814. The van der Waals surface area contributed by atoms with Gasteiger partial charge in [0.1, 0.15) is 6.42 Å². The summed E-state index contributed by atoms with van der Waals surface area (Å²) in [6, 6.07) is 8.96. The maximum atomic E-state index is 11.7. The number of hydrogen-bond donors (Lipinski definition) is 0. The molecule has 1 rings (SSSR count). The number of halogens is 3. The normalized spacial score (nSPS) is 9.53. The monoisotopic (exact) mass is 208 g/mol. The summed E-state index contributed by atoms with van der Waals surface area (Å²) in [5.74, 6) is 9.11. The van der Waals surface area contributed by atoms with Gasteiger partial charge in [-0.1, -0.05) is 30.0 Å². The van der Waals surface area contributed by atoms with Gasteiger partial charge >= 0.3 is 6.18 Å². The standard InChI is InChI=1S/C12H7F3/c13-12(14,15)10-6-2-5-9-11-7-3-1-4-8-11/h1,3-4,7-8H,10H2. The number of hydrogen-bond acceptors (Lipinski definition) is 0. The van der Waals surface area contributed by atoms with Crippen LogP contribution in [0.1, 0.15) is 12.0 Å². The van der Waals surface area contributed by atoms with E-state index >= 15 is 0 Å². The summed E-state index contributed by atoms with van der Waals surface area (Å²) < 4.78 is 35.0. The molecular formula is C12H7F3. The minimum absolute atomic E-state index is 0.735. The van der Waals surface area contributed by atoms with Crippen LogP contribution in [0.15, 0.2) is 30.3 Å². The quantitative estimate of drug-likeness (QED) is 0.575. The van der Waals surface area contributed by atoms with Crippen LogP contribution in [0.4, 0.5) is 13.2 Å². The molecule has 1 aromatic rings. The Labute approximate surface area is 86.1 Å². The SMILES string of the molecule is FC(F)(F)CC#CC#Cc1ccccc1. The summed E-state index contributed by atoms with van der Waals surface area (Å²) in [7, 11) is 0. The number of benzene rings is 1. The van der Waals surface area contributed by atoms with Crippen LogP contribution in [-0.4, -0.2) is 6.18 Å². The molecule has 0 bridgehead atoms. The molecule has 0 atom stereocenters. The van der Waals surface area contributed by atoms with Crippen molar-refractivity contribution in [3.8, 4) is 23.7 Å². The second kappa shape index (κ2) is 5.12. The highest BCUT2D eigenvalue weighted by Crippen LogP contribution is 2.17. The minimum atomic E-state index is -4.23. The van der Waals surface area contributed by atoms with Gasteiger partial charge in [0, 0.05) is 5.56 Å². The predicted octanol–water partition coefficient (Wildman–Crippen LogP) is 2.99. The Bertz CT molecular complexity index is 421. The Morgan fingerprint density at radius 3 is 2.27 bits per heavy atom. The third-order valence-corrected chi connectivity index (χ3v) is 1.42. The summed E-state index contributed by atoms with van der Waals surface area (Å²) in [5, 5.41) is 0. The fourth-order valence-electron chi connectivity index (χ4n) is 0.814. The van der Waals surface area contributed by atoms with Crippen molar-refractivity contribution >= 4 is 0 Å².